The van der Waals surface area contributed by atoms with Crippen LogP contribution < -0.4 is 10.1 Å². The SMILES string of the molecule is Cc1noc(C)c1COc1cccc(C(=O)Nc2cccc(Cl)c2C)c1. The molecule has 0 aliphatic carbocycles. The van der Waals surface area contributed by atoms with Gasteiger partial charge in [0, 0.05) is 16.3 Å². The number of nitrogens with zero attached hydrogens (tertiary/aromatic N) is 1. The number of aromatic nitrogens is 1. The van der Waals surface area contributed by atoms with E-state index in [4.69, 9.17) is 20.9 Å². The normalized spacial score (nSPS) is 10.6. The summed E-state index contributed by atoms with van der Waals surface area (Å²) >= 11 is 6.10. The summed E-state index contributed by atoms with van der Waals surface area (Å²) in [5, 5.41) is 7.40. The van der Waals surface area contributed by atoms with Gasteiger partial charge in [-0.1, -0.05) is 28.9 Å². The van der Waals surface area contributed by atoms with Gasteiger partial charge in [-0.05, 0) is 56.7 Å². The Labute approximate surface area is 156 Å². The van der Waals surface area contributed by atoms with Crippen molar-refractivity contribution in [3.05, 3.63) is 75.6 Å². The second kappa shape index (κ2) is 7.62. The summed E-state index contributed by atoms with van der Waals surface area (Å²) in [7, 11) is 0. The molecule has 26 heavy (non-hydrogen) atoms. The van der Waals surface area contributed by atoms with E-state index in [0.717, 1.165) is 22.6 Å². The third-order valence-electron chi connectivity index (χ3n) is 4.18. The number of anilines is 1. The van der Waals surface area contributed by atoms with Crippen LogP contribution in [0.4, 0.5) is 5.69 Å². The number of halogens is 1. The van der Waals surface area contributed by atoms with Gasteiger partial charge in [0.2, 0.25) is 0 Å². The Morgan fingerprint density at radius 2 is 1.96 bits per heavy atom. The Kier molecular flexibility index (Phi) is 5.28. The van der Waals surface area contributed by atoms with Gasteiger partial charge in [0.25, 0.3) is 5.91 Å². The van der Waals surface area contributed by atoms with Gasteiger partial charge in [-0.25, -0.2) is 0 Å². The summed E-state index contributed by atoms with van der Waals surface area (Å²) in [6.45, 7) is 5.91. The van der Waals surface area contributed by atoms with Crippen molar-refractivity contribution in [3.8, 4) is 5.75 Å². The average molecular weight is 371 g/mol. The summed E-state index contributed by atoms with van der Waals surface area (Å²) in [4.78, 5) is 12.5. The molecule has 0 aliphatic rings. The topological polar surface area (TPSA) is 64.4 Å². The fourth-order valence-electron chi connectivity index (χ4n) is 2.53. The van der Waals surface area contributed by atoms with E-state index < -0.39 is 0 Å². The molecule has 0 fully saturated rings. The minimum Gasteiger partial charge on any atom is -0.489 e. The average Bonchev–Trinajstić information content (AvgIpc) is 2.95. The van der Waals surface area contributed by atoms with Gasteiger partial charge in [-0.2, -0.15) is 0 Å². The molecule has 6 heteroatoms. The number of benzene rings is 2. The fourth-order valence-corrected chi connectivity index (χ4v) is 2.70. The lowest BCUT2D eigenvalue weighted by atomic mass is 10.1. The zero-order chi connectivity index (χ0) is 18.7. The molecule has 0 unspecified atom stereocenters. The summed E-state index contributed by atoms with van der Waals surface area (Å²) < 4.78 is 10.9. The molecule has 1 N–H and O–H groups in total. The molecular formula is C20H19ClN2O3. The number of carbonyl (C=O) groups excluding carboxylic acids is 1. The van der Waals surface area contributed by atoms with Crippen LogP contribution in [-0.4, -0.2) is 11.1 Å². The van der Waals surface area contributed by atoms with Crippen LogP contribution in [0.1, 0.15) is 32.9 Å². The summed E-state index contributed by atoms with van der Waals surface area (Å²) in [6.07, 6.45) is 0. The monoisotopic (exact) mass is 370 g/mol. The molecule has 0 aliphatic heterocycles. The van der Waals surface area contributed by atoms with Gasteiger partial charge in [-0.15, -0.1) is 0 Å². The van der Waals surface area contributed by atoms with Crippen LogP contribution in [0.2, 0.25) is 5.02 Å². The number of rotatable bonds is 5. The van der Waals surface area contributed by atoms with Crippen molar-refractivity contribution in [3.63, 3.8) is 0 Å². The highest BCUT2D eigenvalue weighted by Crippen LogP contribution is 2.24. The second-order valence-electron chi connectivity index (χ2n) is 5.99. The number of ether oxygens (including phenoxy) is 1. The molecule has 0 atom stereocenters. The largest absolute Gasteiger partial charge is 0.489 e. The van der Waals surface area contributed by atoms with E-state index in [2.05, 4.69) is 10.5 Å². The maximum atomic E-state index is 12.5. The maximum absolute atomic E-state index is 12.5. The molecule has 5 nitrogen and oxygen atoms in total. The first-order valence-corrected chi connectivity index (χ1v) is 8.54. The Bertz CT molecular complexity index is 930. The predicted octanol–water partition coefficient (Wildman–Crippen LogP) is 5.08. The van der Waals surface area contributed by atoms with E-state index in [9.17, 15) is 4.79 Å². The molecule has 0 radical (unpaired) electrons. The first kappa shape index (κ1) is 18.0. The Morgan fingerprint density at radius 1 is 1.19 bits per heavy atom. The highest BCUT2D eigenvalue weighted by atomic mass is 35.5. The van der Waals surface area contributed by atoms with Crippen molar-refractivity contribution in [1.29, 1.82) is 0 Å². The van der Waals surface area contributed by atoms with Crippen molar-refractivity contribution >= 4 is 23.2 Å². The van der Waals surface area contributed by atoms with Crippen LogP contribution in [0.3, 0.4) is 0 Å². The molecule has 1 aromatic heterocycles. The first-order chi connectivity index (χ1) is 12.5. The molecule has 2 aromatic carbocycles. The molecule has 134 valence electrons. The summed E-state index contributed by atoms with van der Waals surface area (Å²) in [6, 6.07) is 12.4. The molecule has 3 rings (SSSR count). The van der Waals surface area contributed by atoms with Gasteiger partial charge in [0.15, 0.2) is 0 Å². The van der Waals surface area contributed by atoms with Crippen molar-refractivity contribution < 1.29 is 14.1 Å². The van der Waals surface area contributed by atoms with E-state index in [0.29, 0.717) is 28.6 Å². The molecule has 1 amide bonds. The van der Waals surface area contributed by atoms with Crippen molar-refractivity contribution in [2.45, 2.75) is 27.4 Å². The molecular weight excluding hydrogens is 352 g/mol. The first-order valence-electron chi connectivity index (χ1n) is 8.17. The van der Waals surface area contributed by atoms with E-state index >= 15 is 0 Å². The molecule has 0 spiro atoms. The van der Waals surface area contributed by atoms with Crippen molar-refractivity contribution in [1.82, 2.24) is 5.16 Å². The molecule has 0 saturated heterocycles. The van der Waals surface area contributed by atoms with Crippen LogP contribution in [0.15, 0.2) is 47.0 Å². The smallest absolute Gasteiger partial charge is 0.255 e. The standard InChI is InChI=1S/C20H19ClN2O3/c1-12-18(21)8-5-9-19(12)22-20(24)15-6-4-7-16(10-15)25-11-17-13(2)23-26-14(17)3/h4-10H,11H2,1-3H3,(H,22,24). The maximum Gasteiger partial charge on any atom is 0.255 e. The lowest BCUT2D eigenvalue weighted by molar-refractivity contribution is 0.102. The molecule has 0 saturated carbocycles. The Balaban J connectivity index is 1.72. The zero-order valence-corrected chi connectivity index (χ0v) is 15.6. The highest BCUT2D eigenvalue weighted by Gasteiger charge is 2.12. The number of nitrogens with one attached hydrogen (secondary N) is 1. The quantitative estimate of drug-likeness (QED) is 0.679. The lowest BCUT2D eigenvalue weighted by Gasteiger charge is -2.11. The minimum absolute atomic E-state index is 0.224. The van der Waals surface area contributed by atoms with E-state index in [1.54, 1.807) is 36.4 Å². The summed E-state index contributed by atoms with van der Waals surface area (Å²) in [5.41, 5.74) is 3.72. The number of amides is 1. The third kappa shape index (κ3) is 3.89. The highest BCUT2D eigenvalue weighted by molar-refractivity contribution is 6.31. The lowest BCUT2D eigenvalue weighted by Crippen LogP contribution is -2.13. The zero-order valence-electron chi connectivity index (χ0n) is 14.8. The van der Waals surface area contributed by atoms with E-state index in [1.807, 2.05) is 26.8 Å². The van der Waals surface area contributed by atoms with Crippen LogP contribution >= 0.6 is 11.6 Å². The van der Waals surface area contributed by atoms with Gasteiger partial charge in [0.1, 0.15) is 18.1 Å². The Hall–Kier alpha value is -2.79. The molecule has 0 bridgehead atoms. The summed E-state index contributed by atoms with van der Waals surface area (Å²) in [5.74, 6) is 1.10. The van der Waals surface area contributed by atoms with Gasteiger partial charge < -0.3 is 14.6 Å². The number of hydrogen-bond acceptors (Lipinski definition) is 4. The fraction of sp³-hybridized carbons (Fsp3) is 0.200. The predicted molar refractivity (Wildman–Crippen MR) is 101 cm³/mol. The van der Waals surface area contributed by atoms with Gasteiger partial charge in [0.05, 0.1) is 11.3 Å². The van der Waals surface area contributed by atoms with Crippen LogP contribution in [-0.2, 0) is 6.61 Å². The van der Waals surface area contributed by atoms with E-state index in [-0.39, 0.29) is 5.91 Å². The molecule has 1 heterocycles. The van der Waals surface area contributed by atoms with Crippen LogP contribution in [0.25, 0.3) is 0 Å². The second-order valence-corrected chi connectivity index (χ2v) is 6.39. The number of hydrogen-bond donors (Lipinski definition) is 1. The van der Waals surface area contributed by atoms with Crippen molar-refractivity contribution in [2.24, 2.45) is 0 Å². The molecule has 3 aromatic rings. The number of aryl methyl sites for hydroxylation is 2. The minimum atomic E-state index is -0.224. The van der Waals surface area contributed by atoms with Crippen LogP contribution in [0, 0.1) is 20.8 Å². The van der Waals surface area contributed by atoms with Crippen molar-refractivity contribution in [2.75, 3.05) is 5.32 Å². The van der Waals surface area contributed by atoms with E-state index in [1.165, 1.54) is 0 Å². The van der Waals surface area contributed by atoms with Gasteiger partial charge >= 0.3 is 0 Å². The Morgan fingerprint density at radius 3 is 2.69 bits per heavy atom. The number of carbonyl (C=O) groups is 1. The van der Waals surface area contributed by atoms with Gasteiger partial charge in [-0.3, -0.25) is 4.79 Å². The third-order valence-corrected chi connectivity index (χ3v) is 4.59. The van der Waals surface area contributed by atoms with Crippen LogP contribution in [0.5, 0.6) is 5.75 Å².